The Morgan fingerprint density at radius 2 is 1.97 bits per heavy atom. The van der Waals surface area contributed by atoms with Crippen LogP contribution in [-0.2, 0) is 9.53 Å². The molecular formula is C20H17BrN2O7. The van der Waals surface area contributed by atoms with E-state index in [2.05, 4.69) is 21.2 Å². The lowest BCUT2D eigenvalue weighted by Gasteiger charge is -2.14. The molecule has 0 aliphatic heterocycles. The van der Waals surface area contributed by atoms with Crippen molar-refractivity contribution in [2.24, 2.45) is 0 Å². The van der Waals surface area contributed by atoms with Crippen molar-refractivity contribution in [1.29, 1.82) is 0 Å². The molecule has 1 heterocycles. The number of rotatable bonds is 6. The fourth-order valence-electron chi connectivity index (χ4n) is 2.80. The summed E-state index contributed by atoms with van der Waals surface area (Å²) in [5.74, 6) is -1.26. The molecule has 1 amide bonds. The summed E-state index contributed by atoms with van der Waals surface area (Å²) < 4.78 is 16.7. The molecule has 0 saturated carbocycles. The Bertz CT molecular complexity index is 1160. The van der Waals surface area contributed by atoms with Crippen molar-refractivity contribution < 1.29 is 28.4 Å². The van der Waals surface area contributed by atoms with Gasteiger partial charge in [-0.25, -0.2) is 4.79 Å². The number of carbonyl (C=O) groups excluding carboxylic acids is 2. The molecule has 1 unspecified atom stereocenters. The average Bonchev–Trinajstić information content (AvgIpc) is 3.03. The van der Waals surface area contributed by atoms with E-state index in [0.717, 1.165) is 15.9 Å². The van der Waals surface area contributed by atoms with Crippen LogP contribution in [0.25, 0.3) is 11.0 Å². The highest BCUT2D eigenvalue weighted by Gasteiger charge is 2.25. The van der Waals surface area contributed by atoms with Crippen molar-refractivity contribution in [1.82, 2.24) is 0 Å². The first-order valence-corrected chi connectivity index (χ1v) is 9.53. The van der Waals surface area contributed by atoms with Crippen LogP contribution in [0.1, 0.15) is 23.0 Å². The van der Waals surface area contributed by atoms with Gasteiger partial charge < -0.3 is 19.2 Å². The third kappa shape index (κ3) is 4.28. The monoisotopic (exact) mass is 476 g/mol. The molecule has 9 nitrogen and oxygen atoms in total. The van der Waals surface area contributed by atoms with Gasteiger partial charge >= 0.3 is 5.97 Å². The maximum atomic E-state index is 12.5. The van der Waals surface area contributed by atoms with Crippen LogP contribution in [0.3, 0.4) is 0 Å². The van der Waals surface area contributed by atoms with Gasteiger partial charge in [0.05, 0.1) is 17.7 Å². The lowest BCUT2D eigenvalue weighted by atomic mass is 10.1. The van der Waals surface area contributed by atoms with Crippen molar-refractivity contribution >= 4 is 50.2 Å². The Labute approximate surface area is 179 Å². The number of amides is 1. The number of nitrogens with zero attached hydrogens (tertiary/aromatic N) is 1. The fraction of sp³-hybridized carbons (Fsp3) is 0.200. The molecule has 0 aliphatic rings. The number of esters is 1. The van der Waals surface area contributed by atoms with Crippen LogP contribution in [0.2, 0.25) is 0 Å². The average molecular weight is 477 g/mol. The van der Waals surface area contributed by atoms with E-state index >= 15 is 0 Å². The van der Waals surface area contributed by atoms with E-state index in [4.69, 9.17) is 13.9 Å². The van der Waals surface area contributed by atoms with Crippen LogP contribution in [-0.4, -0.2) is 30.0 Å². The Hall–Kier alpha value is -3.40. The molecule has 2 aromatic carbocycles. The smallest absolute Gasteiger partial charge is 0.375 e. The second-order valence-corrected chi connectivity index (χ2v) is 7.29. The zero-order chi connectivity index (χ0) is 22.0. The number of ether oxygens (including phenoxy) is 2. The predicted octanol–water partition coefficient (Wildman–Crippen LogP) is 4.60. The number of nitro groups is 1. The number of benzene rings is 2. The van der Waals surface area contributed by atoms with Crippen molar-refractivity contribution in [3.8, 4) is 5.75 Å². The van der Waals surface area contributed by atoms with E-state index in [1.54, 1.807) is 19.1 Å². The van der Waals surface area contributed by atoms with Gasteiger partial charge in [-0.15, -0.1) is 0 Å². The van der Waals surface area contributed by atoms with E-state index in [-0.39, 0.29) is 22.9 Å². The minimum atomic E-state index is -1.19. The summed E-state index contributed by atoms with van der Waals surface area (Å²) in [6.07, 6.45) is -1.19. The fourth-order valence-corrected chi connectivity index (χ4v) is 3.16. The third-order valence-electron chi connectivity index (χ3n) is 4.39. The molecule has 0 aliphatic carbocycles. The molecule has 1 aromatic heterocycles. The van der Waals surface area contributed by atoms with Crippen LogP contribution in [0.15, 0.2) is 45.3 Å². The molecule has 0 radical (unpaired) electrons. The summed E-state index contributed by atoms with van der Waals surface area (Å²) in [5, 5.41) is 14.2. The number of aryl methyl sites for hydroxylation is 1. The first kappa shape index (κ1) is 21.3. The largest absolute Gasteiger partial charge is 0.495 e. The summed E-state index contributed by atoms with van der Waals surface area (Å²) >= 11 is 3.37. The lowest BCUT2D eigenvalue weighted by molar-refractivity contribution is -0.384. The van der Waals surface area contributed by atoms with Crippen LogP contribution in [0, 0.1) is 17.0 Å². The number of hydrogen-bond acceptors (Lipinski definition) is 7. The van der Waals surface area contributed by atoms with Gasteiger partial charge in [0.25, 0.3) is 11.6 Å². The first-order valence-electron chi connectivity index (χ1n) is 8.74. The number of anilines is 1. The van der Waals surface area contributed by atoms with Gasteiger partial charge in [0, 0.05) is 27.6 Å². The maximum absolute atomic E-state index is 12.5. The summed E-state index contributed by atoms with van der Waals surface area (Å²) in [7, 11) is 1.36. The first-order chi connectivity index (χ1) is 14.2. The van der Waals surface area contributed by atoms with E-state index < -0.39 is 22.9 Å². The molecule has 0 fully saturated rings. The minimum absolute atomic E-state index is 0.00400. The van der Waals surface area contributed by atoms with Gasteiger partial charge in [0.2, 0.25) is 5.76 Å². The number of fused-ring (bicyclic) bond motifs is 1. The van der Waals surface area contributed by atoms with E-state index in [9.17, 15) is 19.7 Å². The van der Waals surface area contributed by atoms with Gasteiger partial charge in [-0.1, -0.05) is 15.9 Å². The highest BCUT2D eigenvalue weighted by atomic mass is 79.9. The van der Waals surface area contributed by atoms with Gasteiger partial charge in [-0.05, 0) is 38.1 Å². The highest BCUT2D eigenvalue weighted by Crippen LogP contribution is 2.30. The minimum Gasteiger partial charge on any atom is -0.495 e. The van der Waals surface area contributed by atoms with Crippen LogP contribution in [0.4, 0.5) is 11.4 Å². The van der Waals surface area contributed by atoms with Gasteiger partial charge in [0.1, 0.15) is 11.3 Å². The van der Waals surface area contributed by atoms with E-state index in [0.29, 0.717) is 11.1 Å². The quantitative estimate of drug-likeness (QED) is 0.313. The predicted molar refractivity (Wildman–Crippen MR) is 112 cm³/mol. The summed E-state index contributed by atoms with van der Waals surface area (Å²) in [4.78, 5) is 35.4. The number of nitrogens with one attached hydrogen (secondary N) is 1. The lowest BCUT2D eigenvalue weighted by Crippen LogP contribution is -2.30. The third-order valence-corrected chi connectivity index (χ3v) is 4.88. The molecule has 1 N–H and O–H groups in total. The standard InChI is InChI=1S/C20H17BrN2O7/c1-10-14-8-12(21)4-6-16(14)30-18(10)20(25)29-11(2)19(24)22-15-9-13(23(26)27)5-7-17(15)28-3/h4-9,11H,1-3H3,(H,22,24). The molecule has 156 valence electrons. The van der Waals surface area contributed by atoms with Crippen molar-refractivity contribution in [2.45, 2.75) is 20.0 Å². The summed E-state index contributed by atoms with van der Waals surface area (Å²) in [6.45, 7) is 3.10. The van der Waals surface area contributed by atoms with Crippen LogP contribution in [0.5, 0.6) is 5.75 Å². The van der Waals surface area contributed by atoms with Crippen molar-refractivity contribution in [3.63, 3.8) is 0 Å². The second-order valence-electron chi connectivity index (χ2n) is 6.38. The summed E-state index contributed by atoms with van der Waals surface area (Å²) in [6, 6.07) is 9.08. The normalized spacial score (nSPS) is 11.7. The molecule has 0 saturated heterocycles. The number of non-ortho nitro benzene ring substituents is 1. The Morgan fingerprint density at radius 1 is 1.23 bits per heavy atom. The van der Waals surface area contributed by atoms with Crippen LogP contribution >= 0.6 is 15.9 Å². The highest BCUT2D eigenvalue weighted by molar-refractivity contribution is 9.10. The molecule has 10 heteroatoms. The van der Waals surface area contributed by atoms with Gasteiger partial charge in [0.15, 0.2) is 6.10 Å². The number of hydrogen-bond donors (Lipinski definition) is 1. The molecule has 30 heavy (non-hydrogen) atoms. The number of methoxy groups -OCH3 is 1. The number of carbonyl (C=O) groups is 2. The molecule has 3 aromatic rings. The van der Waals surface area contributed by atoms with Crippen molar-refractivity contribution in [2.75, 3.05) is 12.4 Å². The Kier molecular flexibility index (Phi) is 6.06. The summed E-state index contributed by atoms with van der Waals surface area (Å²) in [5.41, 5.74) is 0.967. The Morgan fingerprint density at radius 3 is 2.63 bits per heavy atom. The zero-order valence-corrected chi connectivity index (χ0v) is 17.8. The molecule has 0 bridgehead atoms. The topological polar surface area (TPSA) is 121 Å². The van der Waals surface area contributed by atoms with Crippen molar-refractivity contribution in [3.05, 3.63) is 62.3 Å². The molecule has 0 spiro atoms. The van der Waals surface area contributed by atoms with Crippen LogP contribution < -0.4 is 10.1 Å². The number of furan rings is 1. The van der Waals surface area contributed by atoms with Gasteiger partial charge in [-0.2, -0.15) is 0 Å². The number of halogens is 1. The maximum Gasteiger partial charge on any atom is 0.375 e. The second kappa shape index (κ2) is 8.54. The van der Waals surface area contributed by atoms with E-state index in [1.807, 2.05) is 6.07 Å². The van der Waals surface area contributed by atoms with E-state index in [1.165, 1.54) is 26.2 Å². The molecular weight excluding hydrogens is 460 g/mol. The zero-order valence-electron chi connectivity index (χ0n) is 16.2. The van der Waals surface area contributed by atoms with Gasteiger partial charge in [-0.3, -0.25) is 14.9 Å². The SMILES string of the molecule is COc1ccc([N+](=O)[O-])cc1NC(=O)C(C)OC(=O)c1oc2ccc(Br)cc2c1C. The number of nitro benzene ring substituents is 1. The molecule has 3 rings (SSSR count). The Balaban J connectivity index is 1.76. The molecule has 1 atom stereocenters.